The van der Waals surface area contributed by atoms with Crippen molar-refractivity contribution in [2.75, 3.05) is 20.3 Å². The van der Waals surface area contributed by atoms with Gasteiger partial charge in [0.25, 0.3) is 0 Å². The number of ether oxygens (including phenoxy) is 1. The topological polar surface area (TPSA) is 73.5 Å². The van der Waals surface area contributed by atoms with Gasteiger partial charge in [-0.15, -0.1) is 0 Å². The van der Waals surface area contributed by atoms with Gasteiger partial charge in [0.1, 0.15) is 0 Å². The molecule has 6 nitrogen and oxygen atoms in total. The number of rotatable bonds is 5. The van der Waals surface area contributed by atoms with Crippen LogP contribution in [0, 0.1) is 0 Å². The molecule has 2 rings (SSSR count). The van der Waals surface area contributed by atoms with Crippen molar-refractivity contribution < 1.29 is 13.9 Å². The van der Waals surface area contributed by atoms with E-state index >= 15 is 0 Å². The number of carbonyl (C=O) groups excluding carboxylic acids is 1. The van der Waals surface area contributed by atoms with Gasteiger partial charge in [0.2, 0.25) is 5.91 Å². The van der Waals surface area contributed by atoms with Gasteiger partial charge in [-0.25, -0.2) is 4.79 Å². The minimum atomic E-state index is -0.406. The number of methoxy groups -OCH3 is 1. The Kier molecular flexibility index (Phi) is 4.01. The smallest absolute Gasteiger partial charge is 0.408 e. The van der Waals surface area contributed by atoms with Crippen LogP contribution in [-0.2, 0) is 23.0 Å². The number of amides is 1. The quantitative estimate of drug-likeness (QED) is 0.795. The Balaban J connectivity index is 2.11. The van der Waals surface area contributed by atoms with E-state index in [0.717, 1.165) is 5.56 Å². The first-order valence-electron chi connectivity index (χ1n) is 5.96. The summed E-state index contributed by atoms with van der Waals surface area (Å²) in [6.45, 7) is 0.975. The molecule has 19 heavy (non-hydrogen) atoms. The SMILES string of the molecule is COCCNC(=O)Cc1ccc2oc(=O)n(C)c2c1. The number of hydrogen-bond donors (Lipinski definition) is 1. The number of aryl methyl sites for hydroxylation is 1. The minimum Gasteiger partial charge on any atom is -0.408 e. The summed E-state index contributed by atoms with van der Waals surface area (Å²) in [5, 5.41) is 2.74. The summed E-state index contributed by atoms with van der Waals surface area (Å²) in [5.41, 5.74) is 2.04. The van der Waals surface area contributed by atoms with E-state index in [1.165, 1.54) is 4.57 Å². The predicted molar refractivity (Wildman–Crippen MR) is 70.0 cm³/mol. The van der Waals surface area contributed by atoms with Crippen LogP contribution in [0.1, 0.15) is 5.56 Å². The molecule has 1 amide bonds. The summed E-state index contributed by atoms with van der Waals surface area (Å²) in [7, 11) is 3.22. The first-order valence-corrected chi connectivity index (χ1v) is 5.96. The normalized spacial score (nSPS) is 10.8. The molecule has 0 aliphatic rings. The Morgan fingerprint density at radius 1 is 1.47 bits per heavy atom. The zero-order valence-corrected chi connectivity index (χ0v) is 10.9. The highest BCUT2D eigenvalue weighted by atomic mass is 16.5. The molecule has 0 fully saturated rings. The van der Waals surface area contributed by atoms with Gasteiger partial charge in [-0.2, -0.15) is 0 Å². The fourth-order valence-electron chi connectivity index (χ4n) is 1.82. The number of carbonyl (C=O) groups is 1. The lowest BCUT2D eigenvalue weighted by Crippen LogP contribution is -2.28. The van der Waals surface area contributed by atoms with Gasteiger partial charge in [0, 0.05) is 20.7 Å². The number of nitrogens with zero attached hydrogens (tertiary/aromatic N) is 1. The predicted octanol–water partition coefficient (Wildman–Crippen LogP) is 0.437. The number of oxazole rings is 1. The van der Waals surface area contributed by atoms with Crippen LogP contribution < -0.4 is 11.1 Å². The highest BCUT2D eigenvalue weighted by molar-refractivity contribution is 5.81. The summed E-state index contributed by atoms with van der Waals surface area (Å²) >= 11 is 0. The van der Waals surface area contributed by atoms with Crippen LogP contribution in [0.4, 0.5) is 0 Å². The molecule has 0 saturated heterocycles. The van der Waals surface area contributed by atoms with Crippen LogP contribution >= 0.6 is 0 Å². The Morgan fingerprint density at radius 2 is 2.26 bits per heavy atom. The summed E-state index contributed by atoms with van der Waals surface area (Å²) in [6, 6.07) is 5.27. The van der Waals surface area contributed by atoms with Crippen LogP contribution in [0.3, 0.4) is 0 Å². The van der Waals surface area contributed by atoms with Crippen molar-refractivity contribution in [3.8, 4) is 0 Å². The van der Waals surface area contributed by atoms with Crippen molar-refractivity contribution >= 4 is 17.0 Å². The third-order valence-electron chi connectivity index (χ3n) is 2.85. The second-order valence-electron chi connectivity index (χ2n) is 4.25. The summed E-state index contributed by atoms with van der Waals surface area (Å²) < 4.78 is 11.3. The van der Waals surface area contributed by atoms with Crippen LogP contribution in [0.15, 0.2) is 27.4 Å². The Bertz CT molecular complexity index is 642. The second kappa shape index (κ2) is 5.71. The molecule has 6 heteroatoms. The number of aromatic nitrogens is 1. The zero-order valence-electron chi connectivity index (χ0n) is 10.9. The van der Waals surface area contributed by atoms with Crippen molar-refractivity contribution in [3.05, 3.63) is 34.3 Å². The van der Waals surface area contributed by atoms with E-state index in [1.54, 1.807) is 32.4 Å². The molecule has 0 atom stereocenters. The fourth-order valence-corrected chi connectivity index (χ4v) is 1.82. The van der Waals surface area contributed by atoms with Gasteiger partial charge in [-0.3, -0.25) is 9.36 Å². The Morgan fingerprint density at radius 3 is 3.00 bits per heavy atom. The van der Waals surface area contributed by atoms with E-state index in [2.05, 4.69) is 5.32 Å². The van der Waals surface area contributed by atoms with Gasteiger partial charge in [0.05, 0.1) is 18.5 Å². The lowest BCUT2D eigenvalue weighted by Gasteiger charge is -2.04. The third-order valence-corrected chi connectivity index (χ3v) is 2.85. The van der Waals surface area contributed by atoms with Crippen LogP contribution in [-0.4, -0.2) is 30.7 Å². The zero-order chi connectivity index (χ0) is 13.8. The number of nitrogens with one attached hydrogen (secondary N) is 1. The Labute approximate surface area is 110 Å². The van der Waals surface area contributed by atoms with Crippen LogP contribution in [0.2, 0.25) is 0 Å². The molecule has 0 aliphatic heterocycles. The van der Waals surface area contributed by atoms with Crippen LogP contribution in [0.5, 0.6) is 0 Å². The molecule has 0 bridgehead atoms. The number of hydrogen-bond acceptors (Lipinski definition) is 4. The van der Waals surface area contributed by atoms with Crippen molar-refractivity contribution in [1.29, 1.82) is 0 Å². The molecular formula is C13H16N2O4. The molecule has 0 aliphatic carbocycles. The van der Waals surface area contributed by atoms with Gasteiger partial charge in [0.15, 0.2) is 5.58 Å². The molecular weight excluding hydrogens is 248 g/mol. The first kappa shape index (κ1) is 13.4. The molecule has 1 N–H and O–H groups in total. The van der Waals surface area contributed by atoms with E-state index in [-0.39, 0.29) is 12.3 Å². The van der Waals surface area contributed by atoms with Crippen molar-refractivity contribution in [3.63, 3.8) is 0 Å². The molecule has 0 radical (unpaired) electrons. The molecule has 1 aromatic heterocycles. The van der Waals surface area contributed by atoms with Gasteiger partial charge < -0.3 is 14.5 Å². The second-order valence-corrected chi connectivity index (χ2v) is 4.25. The number of benzene rings is 1. The lowest BCUT2D eigenvalue weighted by atomic mass is 10.1. The van der Waals surface area contributed by atoms with Crippen molar-refractivity contribution in [2.24, 2.45) is 7.05 Å². The number of fused-ring (bicyclic) bond motifs is 1. The average Bonchev–Trinajstić information content (AvgIpc) is 2.66. The maximum absolute atomic E-state index is 11.7. The van der Waals surface area contributed by atoms with E-state index in [9.17, 15) is 9.59 Å². The maximum Gasteiger partial charge on any atom is 0.419 e. The highest BCUT2D eigenvalue weighted by Crippen LogP contribution is 2.14. The van der Waals surface area contributed by atoms with Gasteiger partial charge in [-0.05, 0) is 17.7 Å². The molecule has 0 unspecified atom stereocenters. The van der Waals surface area contributed by atoms with E-state index < -0.39 is 5.76 Å². The molecule has 1 aromatic carbocycles. The van der Waals surface area contributed by atoms with E-state index in [1.807, 2.05) is 0 Å². The average molecular weight is 264 g/mol. The summed E-state index contributed by atoms with van der Waals surface area (Å²) in [4.78, 5) is 23.0. The lowest BCUT2D eigenvalue weighted by molar-refractivity contribution is -0.120. The van der Waals surface area contributed by atoms with Gasteiger partial charge >= 0.3 is 5.76 Å². The third kappa shape index (κ3) is 3.03. The minimum absolute atomic E-state index is 0.0788. The van der Waals surface area contributed by atoms with Crippen LogP contribution in [0.25, 0.3) is 11.1 Å². The van der Waals surface area contributed by atoms with Gasteiger partial charge in [-0.1, -0.05) is 6.07 Å². The van der Waals surface area contributed by atoms with E-state index in [4.69, 9.17) is 9.15 Å². The van der Waals surface area contributed by atoms with Crippen molar-refractivity contribution in [2.45, 2.75) is 6.42 Å². The van der Waals surface area contributed by atoms with E-state index in [0.29, 0.717) is 24.3 Å². The fraction of sp³-hybridized carbons (Fsp3) is 0.385. The molecule has 0 saturated carbocycles. The largest absolute Gasteiger partial charge is 0.419 e. The standard InChI is InChI=1S/C13H16N2O4/c1-15-10-7-9(3-4-11(10)19-13(15)17)8-12(16)14-5-6-18-2/h3-4,7H,5-6,8H2,1-2H3,(H,14,16). The van der Waals surface area contributed by atoms with Crippen molar-refractivity contribution in [1.82, 2.24) is 9.88 Å². The summed E-state index contributed by atoms with van der Waals surface area (Å²) in [5.74, 6) is -0.485. The highest BCUT2D eigenvalue weighted by Gasteiger charge is 2.08. The Hall–Kier alpha value is -2.08. The monoisotopic (exact) mass is 264 g/mol. The molecule has 0 spiro atoms. The maximum atomic E-state index is 11.7. The molecule has 2 aromatic rings. The molecule has 102 valence electrons. The first-order chi connectivity index (χ1) is 9.11. The molecule has 1 heterocycles. The summed E-state index contributed by atoms with van der Waals surface area (Å²) in [6.07, 6.45) is 0.263.